The Morgan fingerprint density at radius 3 is 3.00 bits per heavy atom. The molecular weight excluding hydrogens is 198 g/mol. The monoisotopic (exact) mass is 219 g/mol. The second-order valence-corrected chi connectivity index (χ2v) is 4.37. The van der Waals surface area contributed by atoms with Gasteiger partial charge in [-0.1, -0.05) is 32.4 Å². The number of ether oxygens (including phenoxy) is 1. The van der Waals surface area contributed by atoms with E-state index in [2.05, 4.69) is 37.4 Å². The predicted octanol–water partition coefficient (Wildman–Crippen LogP) is 3.07. The van der Waals surface area contributed by atoms with Crippen LogP contribution in [-0.2, 0) is 6.42 Å². The van der Waals surface area contributed by atoms with Gasteiger partial charge in [-0.15, -0.1) is 0 Å². The van der Waals surface area contributed by atoms with Crippen LogP contribution in [0.5, 0.6) is 5.75 Å². The molecule has 1 aromatic carbocycles. The second-order valence-electron chi connectivity index (χ2n) is 4.37. The molecule has 0 radical (unpaired) electrons. The molecule has 2 rings (SSSR count). The van der Waals surface area contributed by atoms with Gasteiger partial charge in [0.2, 0.25) is 0 Å². The van der Waals surface area contributed by atoms with Gasteiger partial charge in [-0.25, -0.2) is 0 Å². The van der Waals surface area contributed by atoms with Gasteiger partial charge >= 0.3 is 0 Å². The van der Waals surface area contributed by atoms with Gasteiger partial charge in [-0.2, -0.15) is 0 Å². The number of hydrogen-bond donors (Lipinski definition) is 1. The van der Waals surface area contributed by atoms with Crippen molar-refractivity contribution in [1.29, 1.82) is 0 Å². The highest BCUT2D eigenvalue weighted by Crippen LogP contribution is 2.32. The molecule has 0 saturated heterocycles. The fourth-order valence-corrected chi connectivity index (χ4v) is 2.35. The summed E-state index contributed by atoms with van der Waals surface area (Å²) in [5.41, 5.74) is 2.77. The zero-order chi connectivity index (χ0) is 11.4. The highest BCUT2D eigenvalue weighted by atomic mass is 16.5. The summed E-state index contributed by atoms with van der Waals surface area (Å²) < 4.78 is 5.69. The first-order valence-electron chi connectivity index (χ1n) is 6.34. The molecule has 0 spiro atoms. The molecule has 1 heterocycles. The van der Waals surface area contributed by atoms with E-state index in [1.807, 2.05) is 0 Å². The topological polar surface area (TPSA) is 21.3 Å². The Balaban J connectivity index is 2.25. The Morgan fingerprint density at radius 1 is 1.38 bits per heavy atom. The number of hydrogen-bond acceptors (Lipinski definition) is 2. The molecule has 2 nitrogen and oxygen atoms in total. The minimum absolute atomic E-state index is 0.477. The molecule has 0 bridgehead atoms. The Bertz CT molecular complexity index is 349. The second kappa shape index (κ2) is 5.35. The maximum atomic E-state index is 5.69. The fraction of sp³-hybridized carbons (Fsp3) is 0.571. The Kier molecular flexibility index (Phi) is 3.83. The molecule has 0 aromatic heterocycles. The summed E-state index contributed by atoms with van der Waals surface area (Å²) in [6, 6.07) is 7.11. The first kappa shape index (κ1) is 11.5. The summed E-state index contributed by atoms with van der Waals surface area (Å²) in [4.78, 5) is 0. The lowest BCUT2D eigenvalue weighted by molar-refractivity contribution is 0.254. The maximum Gasteiger partial charge on any atom is 0.124 e. The van der Waals surface area contributed by atoms with E-state index in [9.17, 15) is 0 Å². The van der Waals surface area contributed by atoms with Crippen LogP contribution in [0.4, 0.5) is 0 Å². The Labute approximate surface area is 98.0 Å². The molecule has 0 saturated carbocycles. The summed E-state index contributed by atoms with van der Waals surface area (Å²) in [7, 11) is 0. The summed E-state index contributed by atoms with van der Waals surface area (Å²) in [6.07, 6.45) is 3.44. The average Bonchev–Trinajstić information content (AvgIpc) is 2.31. The summed E-state index contributed by atoms with van der Waals surface area (Å²) in [5, 5.41) is 3.53. The highest BCUT2D eigenvalue weighted by molar-refractivity contribution is 5.40. The van der Waals surface area contributed by atoms with Crippen molar-refractivity contribution in [1.82, 2.24) is 5.32 Å². The lowest BCUT2D eigenvalue weighted by Gasteiger charge is -2.27. The van der Waals surface area contributed by atoms with E-state index in [0.29, 0.717) is 6.04 Å². The van der Waals surface area contributed by atoms with Crippen LogP contribution >= 0.6 is 0 Å². The molecule has 1 unspecified atom stereocenters. The van der Waals surface area contributed by atoms with E-state index < -0.39 is 0 Å². The van der Waals surface area contributed by atoms with Crippen LogP contribution < -0.4 is 10.1 Å². The predicted molar refractivity (Wildman–Crippen MR) is 67.0 cm³/mol. The number of aryl methyl sites for hydroxylation is 1. The molecular formula is C14H21NO. The van der Waals surface area contributed by atoms with Crippen LogP contribution in [0.2, 0.25) is 0 Å². The van der Waals surface area contributed by atoms with Crippen molar-refractivity contribution < 1.29 is 4.74 Å². The first-order chi connectivity index (χ1) is 7.85. The quantitative estimate of drug-likeness (QED) is 0.840. The molecule has 1 aliphatic rings. The van der Waals surface area contributed by atoms with Crippen LogP contribution in [-0.4, -0.2) is 13.2 Å². The van der Waals surface area contributed by atoms with Crippen molar-refractivity contribution in [3.63, 3.8) is 0 Å². The van der Waals surface area contributed by atoms with Gasteiger partial charge in [-0.05, 0) is 24.6 Å². The standard InChI is InChI=1S/C14H21NO/c1-3-5-11-6-7-14-12(10-11)13(15-4-2)8-9-16-14/h6-7,10,13,15H,3-5,8-9H2,1-2H3. The van der Waals surface area contributed by atoms with Crippen LogP contribution in [0, 0.1) is 0 Å². The lowest BCUT2D eigenvalue weighted by atomic mass is 9.97. The third-order valence-corrected chi connectivity index (χ3v) is 3.10. The zero-order valence-electron chi connectivity index (χ0n) is 10.3. The third kappa shape index (κ3) is 2.38. The molecule has 0 fully saturated rings. The SMILES string of the molecule is CCCc1ccc2c(c1)C(NCC)CCO2. The van der Waals surface area contributed by atoms with Crippen molar-refractivity contribution in [2.75, 3.05) is 13.2 Å². The van der Waals surface area contributed by atoms with Crippen LogP contribution in [0.1, 0.15) is 43.9 Å². The van der Waals surface area contributed by atoms with Gasteiger partial charge in [0.25, 0.3) is 0 Å². The van der Waals surface area contributed by atoms with E-state index >= 15 is 0 Å². The smallest absolute Gasteiger partial charge is 0.124 e. The van der Waals surface area contributed by atoms with E-state index in [-0.39, 0.29) is 0 Å². The van der Waals surface area contributed by atoms with E-state index in [4.69, 9.17) is 4.74 Å². The Hall–Kier alpha value is -1.02. The minimum atomic E-state index is 0.477. The zero-order valence-corrected chi connectivity index (χ0v) is 10.3. The molecule has 1 atom stereocenters. The minimum Gasteiger partial charge on any atom is -0.493 e. The first-order valence-corrected chi connectivity index (χ1v) is 6.34. The maximum absolute atomic E-state index is 5.69. The third-order valence-electron chi connectivity index (χ3n) is 3.10. The largest absolute Gasteiger partial charge is 0.493 e. The highest BCUT2D eigenvalue weighted by Gasteiger charge is 2.20. The number of rotatable bonds is 4. The average molecular weight is 219 g/mol. The number of fused-ring (bicyclic) bond motifs is 1. The van der Waals surface area contributed by atoms with Crippen molar-refractivity contribution >= 4 is 0 Å². The van der Waals surface area contributed by atoms with Gasteiger partial charge in [0.1, 0.15) is 5.75 Å². The van der Waals surface area contributed by atoms with Crippen molar-refractivity contribution in [2.45, 2.75) is 39.2 Å². The summed E-state index contributed by atoms with van der Waals surface area (Å²) in [5.74, 6) is 1.07. The summed E-state index contributed by atoms with van der Waals surface area (Å²) >= 11 is 0. The molecule has 1 N–H and O–H groups in total. The molecule has 88 valence electrons. The normalized spacial score (nSPS) is 19.0. The van der Waals surface area contributed by atoms with Gasteiger partial charge in [0.15, 0.2) is 0 Å². The summed E-state index contributed by atoms with van der Waals surface area (Å²) in [6.45, 7) is 6.22. The molecule has 2 heteroatoms. The van der Waals surface area contributed by atoms with E-state index in [0.717, 1.165) is 31.7 Å². The van der Waals surface area contributed by atoms with Crippen molar-refractivity contribution in [2.24, 2.45) is 0 Å². The van der Waals surface area contributed by atoms with Crippen LogP contribution in [0.25, 0.3) is 0 Å². The fourth-order valence-electron chi connectivity index (χ4n) is 2.35. The molecule has 1 aliphatic heterocycles. The van der Waals surface area contributed by atoms with E-state index in [1.165, 1.54) is 17.5 Å². The van der Waals surface area contributed by atoms with E-state index in [1.54, 1.807) is 0 Å². The number of benzene rings is 1. The van der Waals surface area contributed by atoms with Gasteiger partial charge in [0, 0.05) is 18.0 Å². The molecule has 0 amide bonds. The van der Waals surface area contributed by atoms with Crippen molar-refractivity contribution in [3.05, 3.63) is 29.3 Å². The Morgan fingerprint density at radius 2 is 2.25 bits per heavy atom. The van der Waals surface area contributed by atoms with Crippen LogP contribution in [0.15, 0.2) is 18.2 Å². The van der Waals surface area contributed by atoms with Crippen LogP contribution in [0.3, 0.4) is 0 Å². The van der Waals surface area contributed by atoms with Gasteiger partial charge in [0.05, 0.1) is 6.61 Å². The molecule has 1 aromatic rings. The number of nitrogens with one attached hydrogen (secondary N) is 1. The molecule has 16 heavy (non-hydrogen) atoms. The van der Waals surface area contributed by atoms with Gasteiger partial charge in [-0.3, -0.25) is 0 Å². The molecule has 0 aliphatic carbocycles. The lowest BCUT2D eigenvalue weighted by Crippen LogP contribution is -2.26. The van der Waals surface area contributed by atoms with Crippen molar-refractivity contribution in [3.8, 4) is 5.75 Å². The van der Waals surface area contributed by atoms with Gasteiger partial charge < -0.3 is 10.1 Å².